The van der Waals surface area contributed by atoms with Crippen LogP contribution in [0, 0.1) is 13.8 Å². The number of hydrogen-bond donors (Lipinski definition) is 1. The highest BCUT2D eigenvalue weighted by molar-refractivity contribution is 5.90. The molecule has 0 aliphatic heterocycles. The maximum Gasteiger partial charge on any atom is 0.145 e. The van der Waals surface area contributed by atoms with Gasteiger partial charge in [0.05, 0.1) is 17.4 Å². The number of fused-ring (bicyclic) bond motifs is 2. The molecule has 0 fully saturated rings. The number of aromatic amines is 1. The van der Waals surface area contributed by atoms with E-state index in [1.165, 1.54) is 22.3 Å². The Bertz CT molecular complexity index is 1020. The van der Waals surface area contributed by atoms with Crippen molar-refractivity contribution in [3.63, 3.8) is 0 Å². The smallest absolute Gasteiger partial charge is 0.145 e. The summed E-state index contributed by atoms with van der Waals surface area (Å²) in [6, 6.07) is 6.56. The van der Waals surface area contributed by atoms with Gasteiger partial charge in [-0.25, -0.2) is 4.98 Å². The molecule has 0 amide bonds. The molecule has 4 heteroatoms. The predicted octanol–water partition coefficient (Wildman–Crippen LogP) is 4.62. The molecule has 0 bridgehead atoms. The number of aromatic nitrogens is 4. The topological polar surface area (TPSA) is 46.0 Å². The fourth-order valence-electron chi connectivity index (χ4n) is 3.18. The number of imidazole rings is 1. The van der Waals surface area contributed by atoms with Gasteiger partial charge in [0.2, 0.25) is 0 Å². The van der Waals surface area contributed by atoms with Crippen molar-refractivity contribution in [2.45, 2.75) is 33.6 Å². The van der Waals surface area contributed by atoms with Crippen LogP contribution in [-0.2, 0) is 0 Å². The minimum atomic E-state index is 0.418. The molecule has 3 aromatic heterocycles. The molecule has 0 saturated carbocycles. The molecule has 0 aliphatic carbocycles. The summed E-state index contributed by atoms with van der Waals surface area (Å²) in [4.78, 5) is 4.89. The minimum Gasteiger partial charge on any atom is -0.306 e. The van der Waals surface area contributed by atoms with Crippen molar-refractivity contribution in [1.29, 1.82) is 0 Å². The minimum absolute atomic E-state index is 0.418. The van der Waals surface area contributed by atoms with Gasteiger partial charge in [-0.2, -0.15) is 5.10 Å². The van der Waals surface area contributed by atoms with E-state index in [1.807, 2.05) is 6.20 Å². The van der Waals surface area contributed by atoms with Crippen LogP contribution in [0.2, 0.25) is 0 Å². The van der Waals surface area contributed by atoms with Crippen molar-refractivity contribution in [2.24, 2.45) is 0 Å². The average molecular weight is 304 g/mol. The van der Waals surface area contributed by atoms with E-state index in [-0.39, 0.29) is 0 Å². The van der Waals surface area contributed by atoms with Crippen LogP contribution in [0.3, 0.4) is 0 Å². The molecule has 116 valence electrons. The third-order valence-electron chi connectivity index (χ3n) is 4.48. The first-order chi connectivity index (χ1) is 11.0. The van der Waals surface area contributed by atoms with Crippen LogP contribution in [0.5, 0.6) is 0 Å². The fraction of sp³-hybridized carbons (Fsp3) is 0.263. The van der Waals surface area contributed by atoms with E-state index >= 15 is 0 Å². The summed E-state index contributed by atoms with van der Waals surface area (Å²) in [6.07, 6.45) is 6.11. The van der Waals surface area contributed by atoms with Crippen molar-refractivity contribution in [2.75, 3.05) is 0 Å². The number of pyridine rings is 1. The predicted molar refractivity (Wildman–Crippen MR) is 93.8 cm³/mol. The van der Waals surface area contributed by atoms with E-state index in [0.29, 0.717) is 5.92 Å². The fourth-order valence-corrected chi connectivity index (χ4v) is 3.18. The normalized spacial score (nSPS) is 11.9. The van der Waals surface area contributed by atoms with Crippen molar-refractivity contribution < 1.29 is 0 Å². The molecule has 3 heterocycles. The Balaban J connectivity index is 2.04. The Morgan fingerprint density at radius 1 is 1.13 bits per heavy atom. The molecular weight excluding hydrogens is 284 g/mol. The molecule has 0 atom stereocenters. The van der Waals surface area contributed by atoms with E-state index in [4.69, 9.17) is 4.98 Å². The largest absolute Gasteiger partial charge is 0.306 e. The molecular formula is C19H20N4. The van der Waals surface area contributed by atoms with Gasteiger partial charge in [-0.3, -0.25) is 5.10 Å². The Hall–Kier alpha value is -2.62. The van der Waals surface area contributed by atoms with E-state index in [0.717, 1.165) is 22.2 Å². The molecule has 0 spiro atoms. The lowest BCUT2D eigenvalue weighted by atomic mass is 9.98. The zero-order valence-electron chi connectivity index (χ0n) is 13.9. The van der Waals surface area contributed by atoms with E-state index < -0.39 is 0 Å². The van der Waals surface area contributed by atoms with Gasteiger partial charge in [-0.15, -0.1) is 0 Å². The Morgan fingerprint density at radius 3 is 2.74 bits per heavy atom. The highest BCUT2D eigenvalue weighted by atomic mass is 15.1. The van der Waals surface area contributed by atoms with E-state index in [9.17, 15) is 0 Å². The maximum absolute atomic E-state index is 4.89. The van der Waals surface area contributed by atoms with Crippen LogP contribution >= 0.6 is 0 Å². The second-order valence-corrected chi connectivity index (χ2v) is 6.55. The van der Waals surface area contributed by atoms with Gasteiger partial charge in [0.15, 0.2) is 0 Å². The Morgan fingerprint density at radius 2 is 1.96 bits per heavy atom. The third kappa shape index (κ3) is 2.13. The second-order valence-electron chi connectivity index (χ2n) is 6.55. The first kappa shape index (κ1) is 14.0. The first-order valence-corrected chi connectivity index (χ1v) is 7.97. The first-order valence-electron chi connectivity index (χ1n) is 7.97. The lowest BCUT2D eigenvalue weighted by Gasteiger charge is -2.09. The number of H-pyrrole nitrogens is 1. The number of hydrogen-bond acceptors (Lipinski definition) is 2. The number of nitrogens with one attached hydrogen (secondary N) is 1. The Labute approximate surface area is 135 Å². The van der Waals surface area contributed by atoms with Gasteiger partial charge >= 0.3 is 0 Å². The average Bonchev–Trinajstić information content (AvgIpc) is 3.13. The molecule has 23 heavy (non-hydrogen) atoms. The van der Waals surface area contributed by atoms with Gasteiger partial charge < -0.3 is 4.40 Å². The summed E-state index contributed by atoms with van der Waals surface area (Å²) >= 11 is 0. The SMILES string of the molecule is Cc1ccn2cc(C(C)C)nc2c1-c1cc(C)c2[nH]ncc2c1. The number of benzene rings is 1. The molecule has 0 radical (unpaired) electrons. The van der Waals surface area contributed by atoms with Crippen molar-refractivity contribution in [3.8, 4) is 11.1 Å². The molecule has 0 aliphatic rings. The lowest BCUT2D eigenvalue weighted by Crippen LogP contribution is -1.92. The molecule has 0 saturated heterocycles. The summed E-state index contributed by atoms with van der Waals surface area (Å²) in [5, 5.41) is 8.37. The molecule has 0 unspecified atom stereocenters. The molecule has 1 N–H and O–H groups in total. The molecule has 4 aromatic rings. The molecule has 4 rings (SSSR count). The highest BCUT2D eigenvalue weighted by Gasteiger charge is 2.14. The van der Waals surface area contributed by atoms with Crippen LogP contribution in [0.15, 0.2) is 36.8 Å². The third-order valence-corrected chi connectivity index (χ3v) is 4.48. The zero-order valence-corrected chi connectivity index (χ0v) is 13.9. The van der Waals surface area contributed by atoms with Gasteiger partial charge in [0.25, 0.3) is 0 Å². The van der Waals surface area contributed by atoms with Gasteiger partial charge in [0.1, 0.15) is 5.65 Å². The number of nitrogens with zero attached hydrogens (tertiary/aromatic N) is 3. The maximum atomic E-state index is 4.89. The van der Waals surface area contributed by atoms with Gasteiger partial charge in [-0.1, -0.05) is 13.8 Å². The molecule has 4 nitrogen and oxygen atoms in total. The Kier molecular flexibility index (Phi) is 3.01. The van der Waals surface area contributed by atoms with Crippen molar-refractivity contribution >= 4 is 16.6 Å². The lowest BCUT2D eigenvalue weighted by molar-refractivity contribution is 0.834. The summed E-state index contributed by atoms with van der Waals surface area (Å²) in [6.45, 7) is 8.62. The van der Waals surface area contributed by atoms with Crippen LogP contribution < -0.4 is 0 Å². The summed E-state index contributed by atoms with van der Waals surface area (Å²) in [7, 11) is 0. The van der Waals surface area contributed by atoms with Crippen LogP contribution in [0.1, 0.15) is 36.6 Å². The monoisotopic (exact) mass is 304 g/mol. The van der Waals surface area contributed by atoms with Crippen molar-refractivity contribution in [3.05, 3.63) is 53.6 Å². The van der Waals surface area contributed by atoms with Crippen LogP contribution in [0.4, 0.5) is 0 Å². The van der Waals surface area contributed by atoms with E-state index in [2.05, 4.69) is 72.9 Å². The summed E-state index contributed by atoms with van der Waals surface area (Å²) in [5.74, 6) is 0.418. The quantitative estimate of drug-likeness (QED) is 0.587. The van der Waals surface area contributed by atoms with Gasteiger partial charge in [-0.05, 0) is 54.7 Å². The second kappa shape index (κ2) is 4.95. The molecule has 1 aromatic carbocycles. The summed E-state index contributed by atoms with van der Waals surface area (Å²) < 4.78 is 2.13. The number of rotatable bonds is 2. The van der Waals surface area contributed by atoms with Crippen LogP contribution in [0.25, 0.3) is 27.7 Å². The standard InChI is InChI=1S/C19H20N4/c1-11(2)16-10-23-6-5-12(3)17(19(23)21-16)14-7-13(4)18-15(8-14)9-20-22-18/h5-11H,1-4H3,(H,20,22). The highest BCUT2D eigenvalue weighted by Crippen LogP contribution is 2.32. The van der Waals surface area contributed by atoms with Crippen molar-refractivity contribution in [1.82, 2.24) is 19.6 Å². The zero-order chi connectivity index (χ0) is 16.1. The number of aryl methyl sites for hydroxylation is 2. The van der Waals surface area contributed by atoms with Gasteiger partial charge in [0, 0.05) is 23.3 Å². The van der Waals surface area contributed by atoms with E-state index in [1.54, 1.807) is 0 Å². The van der Waals surface area contributed by atoms with Crippen LogP contribution in [-0.4, -0.2) is 19.6 Å². The summed E-state index contributed by atoms with van der Waals surface area (Å²) in [5.41, 5.74) is 8.08.